The third-order valence-corrected chi connectivity index (χ3v) is 3.47. The number of carbonyl (C=O) groups excluding carboxylic acids is 1. The molecule has 1 amide bonds. The molecule has 0 aliphatic heterocycles. The van der Waals surface area contributed by atoms with E-state index in [1.54, 1.807) is 18.3 Å². The highest BCUT2D eigenvalue weighted by atomic mass is 16.1. The van der Waals surface area contributed by atoms with Crippen molar-refractivity contribution in [1.82, 2.24) is 15.2 Å². The van der Waals surface area contributed by atoms with Crippen LogP contribution in [0.3, 0.4) is 0 Å². The van der Waals surface area contributed by atoms with Crippen molar-refractivity contribution in [2.45, 2.75) is 33.2 Å². The summed E-state index contributed by atoms with van der Waals surface area (Å²) >= 11 is 0. The Balaban J connectivity index is 2.44. The van der Waals surface area contributed by atoms with Gasteiger partial charge in [0, 0.05) is 37.4 Å². The van der Waals surface area contributed by atoms with Crippen molar-refractivity contribution in [1.29, 1.82) is 0 Å². The predicted octanol–water partition coefficient (Wildman–Crippen LogP) is 1.97. The minimum atomic E-state index is -0.0518. The lowest BCUT2D eigenvalue weighted by Gasteiger charge is -2.23. The fourth-order valence-electron chi connectivity index (χ4n) is 1.83. The Morgan fingerprint density at radius 3 is 2.85 bits per heavy atom. The van der Waals surface area contributed by atoms with Crippen LogP contribution in [0.25, 0.3) is 0 Å². The number of rotatable bonds is 8. The summed E-state index contributed by atoms with van der Waals surface area (Å²) in [6.07, 6.45) is 2.76. The maximum atomic E-state index is 12.0. The third kappa shape index (κ3) is 5.17. The molecule has 0 saturated heterocycles. The van der Waals surface area contributed by atoms with Crippen molar-refractivity contribution in [2.75, 3.05) is 32.0 Å². The molecule has 1 rings (SSSR count). The van der Waals surface area contributed by atoms with Gasteiger partial charge in [-0.1, -0.05) is 6.92 Å². The highest BCUT2D eigenvalue weighted by Crippen LogP contribution is 2.06. The van der Waals surface area contributed by atoms with Crippen LogP contribution in [0.1, 0.15) is 37.6 Å². The summed E-state index contributed by atoms with van der Waals surface area (Å²) in [5, 5.41) is 6.04. The minimum absolute atomic E-state index is 0.0518. The number of amides is 1. The van der Waals surface area contributed by atoms with Gasteiger partial charge >= 0.3 is 0 Å². The molecule has 20 heavy (non-hydrogen) atoms. The lowest BCUT2D eigenvalue weighted by molar-refractivity contribution is 0.0947. The minimum Gasteiger partial charge on any atom is -0.370 e. The number of aromatic nitrogens is 1. The first kappa shape index (κ1) is 16.4. The molecular formula is C15H26N4O. The van der Waals surface area contributed by atoms with Crippen LogP contribution < -0.4 is 10.6 Å². The van der Waals surface area contributed by atoms with Crippen LogP contribution >= 0.6 is 0 Å². The van der Waals surface area contributed by atoms with E-state index in [-0.39, 0.29) is 5.91 Å². The Hall–Kier alpha value is -1.62. The van der Waals surface area contributed by atoms with E-state index < -0.39 is 0 Å². The quantitative estimate of drug-likeness (QED) is 0.763. The van der Waals surface area contributed by atoms with Crippen LogP contribution in [0, 0.1) is 0 Å². The van der Waals surface area contributed by atoms with E-state index >= 15 is 0 Å². The summed E-state index contributed by atoms with van der Waals surface area (Å²) in [5.74, 6) is 0.681. The molecule has 0 fully saturated rings. The van der Waals surface area contributed by atoms with Crippen LogP contribution in [0.4, 0.5) is 5.82 Å². The third-order valence-electron chi connectivity index (χ3n) is 3.47. The number of nitrogens with one attached hydrogen (secondary N) is 2. The Labute approximate surface area is 121 Å². The predicted molar refractivity (Wildman–Crippen MR) is 83.1 cm³/mol. The van der Waals surface area contributed by atoms with Gasteiger partial charge in [0.05, 0.1) is 0 Å². The number of nitrogens with zero attached hydrogens (tertiary/aromatic N) is 2. The molecule has 0 bridgehead atoms. The van der Waals surface area contributed by atoms with Gasteiger partial charge in [-0.25, -0.2) is 4.98 Å². The van der Waals surface area contributed by atoms with Gasteiger partial charge in [-0.15, -0.1) is 0 Å². The first-order valence-corrected chi connectivity index (χ1v) is 7.26. The molecule has 112 valence electrons. The summed E-state index contributed by atoms with van der Waals surface area (Å²) in [5.41, 5.74) is 0.641. The first-order valence-electron chi connectivity index (χ1n) is 7.26. The molecule has 0 aliphatic rings. The summed E-state index contributed by atoms with van der Waals surface area (Å²) in [4.78, 5) is 18.4. The smallest absolute Gasteiger partial charge is 0.251 e. The molecule has 1 atom stereocenters. The average molecular weight is 278 g/mol. The molecular weight excluding hydrogens is 252 g/mol. The second kappa shape index (κ2) is 8.53. The molecule has 0 aromatic carbocycles. The van der Waals surface area contributed by atoms with E-state index in [9.17, 15) is 4.79 Å². The number of anilines is 1. The van der Waals surface area contributed by atoms with E-state index in [4.69, 9.17) is 0 Å². The normalized spacial score (nSPS) is 12.2. The summed E-state index contributed by atoms with van der Waals surface area (Å²) in [6, 6.07) is 4.04. The number of pyridine rings is 1. The zero-order valence-corrected chi connectivity index (χ0v) is 12.9. The SMILES string of the molecule is CCNc1cc(C(=O)NCCN(C)C(C)CC)ccn1. The van der Waals surface area contributed by atoms with Crippen molar-refractivity contribution < 1.29 is 4.79 Å². The summed E-state index contributed by atoms with van der Waals surface area (Å²) in [6.45, 7) is 8.65. The Morgan fingerprint density at radius 1 is 1.45 bits per heavy atom. The van der Waals surface area contributed by atoms with Gasteiger partial charge in [0.15, 0.2) is 0 Å². The fourth-order valence-corrected chi connectivity index (χ4v) is 1.83. The molecule has 1 aromatic rings. The molecule has 0 spiro atoms. The Kier molecular flexibility index (Phi) is 7.01. The molecule has 5 heteroatoms. The second-order valence-electron chi connectivity index (χ2n) is 4.95. The van der Waals surface area contributed by atoms with Gasteiger partial charge in [0.2, 0.25) is 0 Å². The first-order chi connectivity index (χ1) is 9.58. The van der Waals surface area contributed by atoms with Gasteiger partial charge in [0.1, 0.15) is 5.82 Å². The van der Waals surface area contributed by atoms with Crippen LogP contribution in [-0.2, 0) is 0 Å². The van der Waals surface area contributed by atoms with Crippen LogP contribution in [0.5, 0.6) is 0 Å². The largest absolute Gasteiger partial charge is 0.370 e. The number of likely N-dealkylation sites (N-methyl/N-ethyl adjacent to an activating group) is 1. The van der Waals surface area contributed by atoms with Crippen molar-refractivity contribution in [3.63, 3.8) is 0 Å². The van der Waals surface area contributed by atoms with E-state index in [1.807, 2.05) is 6.92 Å². The molecule has 0 saturated carbocycles. The standard InChI is InChI=1S/C15H26N4O/c1-5-12(3)19(4)10-9-18-15(20)13-7-8-17-14(11-13)16-6-2/h7-8,11-12H,5-6,9-10H2,1-4H3,(H,16,17)(H,18,20). The highest BCUT2D eigenvalue weighted by Gasteiger charge is 2.09. The molecule has 1 unspecified atom stereocenters. The van der Waals surface area contributed by atoms with Gasteiger partial charge in [-0.3, -0.25) is 4.79 Å². The van der Waals surface area contributed by atoms with Crippen molar-refractivity contribution in [2.24, 2.45) is 0 Å². The Bertz CT molecular complexity index is 422. The van der Waals surface area contributed by atoms with Crippen molar-refractivity contribution in [3.05, 3.63) is 23.9 Å². The number of carbonyl (C=O) groups is 1. The molecule has 2 N–H and O–H groups in total. The van der Waals surface area contributed by atoms with Crippen molar-refractivity contribution >= 4 is 11.7 Å². The van der Waals surface area contributed by atoms with E-state index in [1.165, 1.54) is 0 Å². The van der Waals surface area contributed by atoms with Crippen LogP contribution in [0.15, 0.2) is 18.3 Å². The topological polar surface area (TPSA) is 57.3 Å². The highest BCUT2D eigenvalue weighted by molar-refractivity contribution is 5.94. The zero-order valence-electron chi connectivity index (χ0n) is 12.9. The lowest BCUT2D eigenvalue weighted by atomic mass is 10.2. The van der Waals surface area contributed by atoms with Gasteiger partial charge < -0.3 is 15.5 Å². The zero-order chi connectivity index (χ0) is 15.0. The van der Waals surface area contributed by atoms with Crippen LogP contribution in [-0.4, -0.2) is 48.5 Å². The maximum absolute atomic E-state index is 12.0. The summed E-state index contributed by atoms with van der Waals surface area (Å²) in [7, 11) is 2.08. The molecule has 0 aliphatic carbocycles. The second-order valence-corrected chi connectivity index (χ2v) is 4.95. The van der Waals surface area contributed by atoms with Gasteiger partial charge in [-0.05, 0) is 39.4 Å². The average Bonchev–Trinajstić information content (AvgIpc) is 2.46. The number of hydrogen-bond acceptors (Lipinski definition) is 4. The van der Waals surface area contributed by atoms with E-state index in [2.05, 4.69) is 41.4 Å². The Morgan fingerprint density at radius 2 is 2.20 bits per heavy atom. The van der Waals surface area contributed by atoms with Gasteiger partial charge in [0.25, 0.3) is 5.91 Å². The van der Waals surface area contributed by atoms with Crippen molar-refractivity contribution in [3.8, 4) is 0 Å². The van der Waals surface area contributed by atoms with Gasteiger partial charge in [-0.2, -0.15) is 0 Å². The summed E-state index contributed by atoms with van der Waals surface area (Å²) < 4.78 is 0. The maximum Gasteiger partial charge on any atom is 0.251 e. The number of hydrogen-bond donors (Lipinski definition) is 2. The molecule has 0 radical (unpaired) electrons. The monoisotopic (exact) mass is 278 g/mol. The van der Waals surface area contributed by atoms with E-state index in [0.29, 0.717) is 18.2 Å². The molecule has 1 heterocycles. The molecule has 1 aromatic heterocycles. The van der Waals surface area contributed by atoms with E-state index in [0.717, 1.165) is 25.3 Å². The lowest BCUT2D eigenvalue weighted by Crippen LogP contribution is -2.37. The fraction of sp³-hybridized carbons (Fsp3) is 0.600. The van der Waals surface area contributed by atoms with Crippen LogP contribution in [0.2, 0.25) is 0 Å². The molecule has 5 nitrogen and oxygen atoms in total.